The number of aryl methyl sites for hydroxylation is 1. The quantitative estimate of drug-likeness (QED) is 0.753. The Hall–Kier alpha value is -1.98. The minimum absolute atomic E-state index is 0.0175. The molecule has 11 heteroatoms. The number of halogens is 1. The van der Waals surface area contributed by atoms with Gasteiger partial charge < -0.3 is 4.52 Å². The second-order valence-corrected chi connectivity index (χ2v) is 8.20. The van der Waals surface area contributed by atoms with Crippen LogP contribution in [0.15, 0.2) is 39.8 Å². The van der Waals surface area contributed by atoms with Crippen LogP contribution in [-0.4, -0.2) is 34.3 Å². The standard InChI is InChI=1S/C12H14FN3O5S2/c1-9-8-12(15-21-9)16-22(17,18)7-6-14-23(19,20)11-4-2-10(13)3-5-11/h2-5,8,14H,6-7H2,1H3,(H,15,16). The molecule has 0 bridgehead atoms. The molecule has 0 fully saturated rings. The summed E-state index contributed by atoms with van der Waals surface area (Å²) in [4.78, 5) is -0.156. The SMILES string of the molecule is Cc1cc(NS(=O)(=O)CCNS(=O)(=O)c2ccc(F)cc2)no1. The lowest BCUT2D eigenvalue weighted by atomic mass is 10.4. The highest BCUT2D eigenvalue weighted by Crippen LogP contribution is 2.11. The average molecular weight is 363 g/mol. The molecule has 23 heavy (non-hydrogen) atoms. The number of nitrogens with one attached hydrogen (secondary N) is 2. The van der Waals surface area contributed by atoms with E-state index in [1.54, 1.807) is 6.92 Å². The lowest BCUT2D eigenvalue weighted by Gasteiger charge is -2.08. The fourth-order valence-corrected chi connectivity index (χ4v) is 3.68. The summed E-state index contributed by atoms with van der Waals surface area (Å²) in [5, 5.41) is 3.47. The van der Waals surface area contributed by atoms with Crippen LogP contribution < -0.4 is 9.44 Å². The van der Waals surface area contributed by atoms with Crippen molar-refractivity contribution in [1.82, 2.24) is 9.88 Å². The van der Waals surface area contributed by atoms with Crippen LogP contribution in [0.1, 0.15) is 5.76 Å². The molecule has 0 amide bonds. The monoisotopic (exact) mass is 363 g/mol. The van der Waals surface area contributed by atoms with E-state index >= 15 is 0 Å². The first-order valence-corrected chi connectivity index (χ1v) is 9.50. The molecule has 1 aromatic carbocycles. The summed E-state index contributed by atoms with van der Waals surface area (Å²) in [5.74, 6) is -0.624. The number of rotatable bonds is 7. The van der Waals surface area contributed by atoms with Gasteiger partial charge >= 0.3 is 0 Å². The minimum atomic E-state index is -3.91. The van der Waals surface area contributed by atoms with Gasteiger partial charge in [0.15, 0.2) is 5.82 Å². The van der Waals surface area contributed by atoms with E-state index in [4.69, 9.17) is 4.52 Å². The van der Waals surface area contributed by atoms with Crippen molar-refractivity contribution in [3.63, 3.8) is 0 Å². The van der Waals surface area contributed by atoms with Crippen molar-refractivity contribution in [1.29, 1.82) is 0 Å². The lowest BCUT2D eigenvalue weighted by Crippen LogP contribution is -2.31. The van der Waals surface area contributed by atoms with Gasteiger partial charge in [0.05, 0.1) is 10.6 Å². The van der Waals surface area contributed by atoms with Crippen molar-refractivity contribution in [2.75, 3.05) is 17.0 Å². The van der Waals surface area contributed by atoms with Gasteiger partial charge in [0.2, 0.25) is 20.0 Å². The van der Waals surface area contributed by atoms with Crippen LogP contribution in [0, 0.1) is 12.7 Å². The predicted octanol–water partition coefficient (Wildman–Crippen LogP) is 0.842. The molecule has 2 aromatic rings. The summed E-state index contributed by atoms with van der Waals surface area (Å²) in [6.45, 7) is 1.24. The molecular weight excluding hydrogens is 349 g/mol. The van der Waals surface area contributed by atoms with Crippen molar-refractivity contribution in [3.05, 3.63) is 41.9 Å². The number of hydrogen-bond acceptors (Lipinski definition) is 6. The lowest BCUT2D eigenvalue weighted by molar-refractivity contribution is 0.400. The molecule has 0 aliphatic carbocycles. The van der Waals surface area contributed by atoms with Crippen LogP contribution in [0.3, 0.4) is 0 Å². The van der Waals surface area contributed by atoms with Gasteiger partial charge in [0, 0.05) is 12.6 Å². The Kier molecular flexibility index (Phi) is 5.02. The molecule has 0 atom stereocenters. The summed E-state index contributed by atoms with van der Waals surface area (Å²) < 4.78 is 69.2. The summed E-state index contributed by atoms with van der Waals surface area (Å²) >= 11 is 0. The zero-order valence-corrected chi connectivity index (χ0v) is 13.6. The maximum Gasteiger partial charge on any atom is 0.240 e. The van der Waals surface area contributed by atoms with Gasteiger partial charge in [-0.15, -0.1) is 0 Å². The van der Waals surface area contributed by atoms with Crippen molar-refractivity contribution in [3.8, 4) is 0 Å². The highest BCUT2D eigenvalue weighted by molar-refractivity contribution is 7.92. The third-order valence-electron chi connectivity index (χ3n) is 2.67. The maximum atomic E-state index is 12.8. The van der Waals surface area contributed by atoms with Crippen LogP contribution in [0.4, 0.5) is 10.2 Å². The largest absolute Gasteiger partial charge is 0.360 e. The van der Waals surface area contributed by atoms with Crippen LogP contribution in [0.2, 0.25) is 0 Å². The fourth-order valence-electron chi connectivity index (χ4n) is 1.63. The molecule has 0 aliphatic rings. The molecule has 0 unspecified atom stereocenters. The van der Waals surface area contributed by atoms with Crippen molar-refractivity contribution in [2.45, 2.75) is 11.8 Å². The van der Waals surface area contributed by atoms with E-state index in [9.17, 15) is 21.2 Å². The van der Waals surface area contributed by atoms with E-state index in [-0.39, 0.29) is 17.3 Å². The second-order valence-electron chi connectivity index (χ2n) is 4.60. The summed E-state index contributed by atoms with van der Waals surface area (Å²) in [6, 6.07) is 5.56. The summed E-state index contributed by atoms with van der Waals surface area (Å²) in [6.07, 6.45) is 0. The molecule has 0 radical (unpaired) electrons. The Morgan fingerprint density at radius 2 is 1.83 bits per heavy atom. The third kappa shape index (κ3) is 5.01. The van der Waals surface area contributed by atoms with Crippen molar-refractivity contribution >= 4 is 25.9 Å². The predicted molar refractivity (Wildman–Crippen MR) is 80.2 cm³/mol. The number of benzene rings is 1. The van der Waals surface area contributed by atoms with Gasteiger partial charge in [-0.3, -0.25) is 4.72 Å². The van der Waals surface area contributed by atoms with Crippen molar-refractivity contribution in [2.24, 2.45) is 0 Å². The van der Waals surface area contributed by atoms with Crippen LogP contribution in [-0.2, 0) is 20.0 Å². The molecule has 0 saturated heterocycles. The number of anilines is 1. The highest BCUT2D eigenvalue weighted by atomic mass is 32.2. The Bertz CT molecular complexity index is 876. The molecule has 2 rings (SSSR count). The minimum Gasteiger partial charge on any atom is -0.360 e. The van der Waals surface area contributed by atoms with Gasteiger partial charge in [-0.1, -0.05) is 5.16 Å². The maximum absolute atomic E-state index is 12.8. The van der Waals surface area contributed by atoms with Gasteiger partial charge in [-0.2, -0.15) is 0 Å². The Morgan fingerprint density at radius 1 is 1.17 bits per heavy atom. The number of hydrogen-bond donors (Lipinski definition) is 2. The normalized spacial score (nSPS) is 12.3. The van der Waals surface area contributed by atoms with E-state index in [0.29, 0.717) is 5.76 Å². The molecule has 126 valence electrons. The molecule has 0 spiro atoms. The van der Waals surface area contributed by atoms with E-state index in [1.165, 1.54) is 6.07 Å². The molecule has 2 N–H and O–H groups in total. The molecule has 1 heterocycles. The zero-order chi connectivity index (χ0) is 17.1. The molecule has 0 saturated carbocycles. The van der Waals surface area contributed by atoms with Gasteiger partial charge in [0.1, 0.15) is 11.6 Å². The summed E-state index contributed by atoms with van der Waals surface area (Å²) in [7, 11) is -7.70. The highest BCUT2D eigenvalue weighted by Gasteiger charge is 2.17. The topological polar surface area (TPSA) is 118 Å². The molecule has 8 nitrogen and oxygen atoms in total. The van der Waals surface area contributed by atoms with E-state index in [2.05, 4.69) is 14.6 Å². The van der Waals surface area contributed by atoms with Gasteiger partial charge in [0.25, 0.3) is 0 Å². The number of nitrogens with zero attached hydrogens (tertiary/aromatic N) is 1. The number of sulfonamides is 2. The Balaban J connectivity index is 1.94. The van der Waals surface area contributed by atoms with Gasteiger partial charge in [-0.05, 0) is 31.2 Å². The van der Waals surface area contributed by atoms with E-state index in [0.717, 1.165) is 24.3 Å². The first kappa shape index (κ1) is 17.4. The molecule has 0 aliphatic heterocycles. The zero-order valence-electron chi connectivity index (χ0n) is 12.0. The van der Waals surface area contributed by atoms with Crippen molar-refractivity contribution < 1.29 is 25.7 Å². The Morgan fingerprint density at radius 3 is 2.39 bits per heavy atom. The van der Waals surface area contributed by atoms with Gasteiger partial charge in [-0.25, -0.2) is 25.9 Å². The second kappa shape index (κ2) is 6.64. The molecule has 1 aromatic heterocycles. The van der Waals surface area contributed by atoms with Crippen LogP contribution in [0.25, 0.3) is 0 Å². The average Bonchev–Trinajstić information content (AvgIpc) is 2.83. The Labute approximate surface area is 132 Å². The van der Waals surface area contributed by atoms with E-state index in [1.807, 2.05) is 0 Å². The third-order valence-corrected chi connectivity index (χ3v) is 5.41. The van der Waals surface area contributed by atoms with Crippen LogP contribution >= 0.6 is 0 Å². The summed E-state index contributed by atoms with van der Waals surface area (Å²) in [5.41, 5.74) is 0. The first-order valence-electron chi connectivity index (χ1n) is 6.37. The first-order chi connectivity index (χ1) is 10.7. The fraction of sp³-hybridized carbons (Fsp3) is 0.250. The van der Waals surface area contributed by atoms with E-state index < -0.39 is 31.6 Å². The number of aromatic nitrogens is 1. The van der Waals surface area contributed by atoms with Crippen LogP contribution in [0.5, 0.6) is 0 Å². The smallest absolute Gasteiger partial charge is 0.240 e. The molecular formula is C12H14FN3O5S2.